The zero-order valence-electron chi connectivity index (χ0n) is 16.6. The molecule has 0 aliphatic carbocycles. The lowest BCUT2D eigenvalue weighted by Gasteiger charge is -2.30. The van der Waals surface area contributed by atoms with Crippen molar-refractivity contribution < 1.29 is 9.59 Å². The number of nitrogens with zero attached hydrogens (tertiary/aromatic N) is 1. The molecule has 5 heteroatoms. The second kappa shape index (κ2) is 8.57. The van der Waals surface area contributed by atoms with Crippen molar-refractivity contribution >= 4 is 29.1 Å². The first-order valence-electron chi connectivity index (χ1n) is 9.08. The largest absolute Gasteiger partial charge is 0.338 e. The summed E-state index contributed by atoms with van der Waals surface area (Å²) in [6, 6.07) is 13.5. The minimum atomic E-state index is -1.22. The normalized spacial score (nSPS) is 11.2. The smallest absolute Gasteiger partial charge is 0.239 e. The fraction of sp³-hybridized carbons (Fsp3) is 0.364. The predicted octanol–water partition coefficient (Wildman–Crippen LogP) is 4.97. The van der Waals surface area contributed by atoms with E-state index in [1.54, 1.807) is 24.8 Å². The third kappa shape index (κ3) is 4.89. The third-order valence-electron chi connectivity index (χ3n) is 4.66. The van der Waals surface area contributed by atoms with E-state index in [0.29, 0.717) is 23.8 Å². The minimum Gasteiger partial charge on any atom is -0.338 e. The van der Waals surface area contributed by atoms with Crippen LogP contribution in [0.3, 0.4) is 0 Å². The summed E-state index contributed by atoms with van der Waals surface area (Å²) < 4.78 is 0. The fourth-order valence-electron chi connectivity index (χ4n) is 2.97. The molecule has 27 heavy (non-hydrogen) atoms. The molecule has 2 amide bonds. The zero-order chi connectivity index (χ0) is 20.2. The highest BCUT2D eigenvalue weighted by atomic mass is 35.5. The van der Waals surface area contributed by atoms with E-state index in [4.69, 9.17) is 11.6 Å². The van der Waals surface area contributed by atoms with Gasteiger partial charge in [0.25, 0.3) is 0 Å². The van der Waals surface area contributed by atoms with E-state index >= 15 is 0 Å². The van der Waals surface area contributed by atoms with E-state index in [-0.39, 0.29) is 11.8 Å². The summed E-state index contributed by atoms with van der Waals surface area (Å²) in [5.74, 6) is -0.583. The molecule has 0 fully saturated rings. The van der Waals surface area contributed by atoms with Crippen LogP contribution in [-0.2, 0) is 16.1 Å². The average molecular weight is 387 g/mol. The molecule has 0 heterocycles. The third-order valence-corrected chi connectivity index (χ3v) is 4.96. The molecule has 1 N–H and O–H groups in total. The van der Waals surface area contributed by atoms with Crippen LogP contribution in [0.4, 0.5) is 5.69 Å². The second-order valence-corrected chi connectivity index (χ2v) is 7.73. The highest BCUT2D eigenvalue weighted by molar-refractivity contribution is 6.34. The van der Waals surface area contributed by atoms with Crippen molar-refractivity contribution in [3.63, 3.8) is 0 Å². The van der Waals surface area contributed by atoms with Gasteiger partial charge in [0.15, 0.2) is 0 Å². The Kier molecular flexibility index (Phi) is 6.66. The highest BCUT2D eigenvalue weighted by Crippen LogP contribution is 2.30. The van der Waals surface area contributed by atoms with Crippen molar-refractivity contribution in [2.45, 2.75) is 41.2 Å². The molecule has 0 unspecified atom stereocenters. The van der Waals surface area contributed by atoms with Crippen molar-refractivity contribution in [1.82, 2.24) is 4.90 Å². The number of nitrogens with one attached hydrogen (secondary N) is 1. The lowest BCUT2D eigenvalue weighted by Crippen LogP contribution is -2.47. The van der Waals surface area contributed by atoms with Gasteiger partial charge in [-0.1, -0.05) is 48.0 Å². The molecule has 2 aromatic carbocycles. The van der Waals surface area contributed by atoms with Gasteiger partial charge in [-0.3, -0.25) is 9.59 Å². The van der Waals surface area contributed by atoms with Gasteiger partial charge in [-0.05, 0) is 57.4 Å². The number of hydrogen-bond acceptors (Lipinski definition) is 2. The van der Waals surface area contributed by atoms with Crippen LogP contribution in [0.15, 0.2) is 42.5 Å². The van der Waals surface area contributed by atoms with E-state index < -0.39 is 5.41 Å². The number of hydrogen-bond donors (Lipinski definition) is 1. The molecule has 144 valence electrons. The monoisotopic (exact) mass is 386 g/mol. The first-order chi connectivity index (χ1) is 12.7. The first-order valence-corrected chi connectivity index (χ1v) is 9.46. The van der Waals surface area contributed by atoms with E-state index in [1.807, 2.05) is 57.2 Å². The van der Waals surface area contributed by atoms with E-state index in [0.717, 1.165) is 16.7 Å². The Balaban J connectivity index is 2.20. The van der Waals surface area contributed by atoms with Crippen LogP contribution in [0.25, 0.3) is 0 Å². The summed E-state index contributed by atoms with van der Waals surface area (Å²) in [5, 5.41) is 3.32. The summed E-state index contributed by atoms with van der Waals surface area (Å²) in [7, 11) is 0. The molecule has 0 spiro atoms. The van der Waals surface area contributed by atoms with Gasteiger partial charge >= 0.3 is 0 Å². The maximum atomic E-state index is 13.1. The zero-order valence-corrected chi connectivity index (χ0v) is 17.4. The molecule has 2 aromatic rings. The molecule has 0 saturated carbocycles. The maximum Gasteiger partial charge on any atom is 0.239 e. The van der Waals surface area contributed by atoms with Crippen LogP contribution in [0.2, 0.25) is 5.02 Å². The van der Waals surface area contributed by atoms with Crippen molar-refractivity contribution in [3.05, 3.63) is 64.2 Å². The first kappa shape index (κ1) is 21.0. The number of amides is 2. The minimum absolute atomic E-state index is 0.216. The Labute approximate surface area is 166 Å². The molecule has 4 nitrogen and oxygen atoms in total. The molecule has 0 radical (unpaired) electrons. The van der Waals surface area contributed by atoms with Gasteiger partial charge in [-0.2, -0.15) is 0 Å². The lowest BCUT2D eigenvalue weighted by atomic mass is 9.89. The Hall–Kier alpha value is -2.33. The van der Waals surface area contributed by atoms with Crippen LogP contribution in [-0.4, -0.2) is 23.3 Å². The van der Waals surface area contributed by atoms with Crippen LogP contribution in [0, 0.1) is 19.3 Å². The molecular weight excluding hydrogens is 360 g/mol. The summed E-state index contributed by atoms with van der Waals surface area (Å²) in [5.41, 5.74) is 2.26. The van der Waals surface area contributed by atoms with Crippen molar-refractivity contribution in [1.29, 1.82) is 0 Å². The lowest BCUT2D eigenvalue weighted by molar-refractivity contribution is -0.146. The number of benzene rings is 2. The van der Waals surface area contributed by atoms with Gasteiger partial charge in [0.2, 0.25) is 11.8 Å². The summed E-state index contributed by atoms with van der Waals surface area (Å²) in [4.78, 5) is 27.7. The number of anilines is 1. The Morgan fingerprint density at radius 3 is 2.30 bits per heavy atom. The quantitative estimate of drug-likeness (QED) is 0.712. The molecule has 0 aliphatic heterocycles. The maximum absolute atomic E-state index is 13.1. The van der Waals surface area contributed by atoms with Crippen molar-refractivity contribution in [2.24, 2.45) is 5.41 Å². The van der Waals surface area contributed by atoms with Gasteiger partial charge in [0.05, 0.1) is 10.7 Å². The second-order valence-electron chi connectivity index (χ2n) is 7.32. The number of carbonyl (C=O) groups is 2. The van der Waals surface area contributed by atoms with Crippen LogP contribution >= 0.6 is 11.6 Å². The van der Waals surface area contributed by atoms with Crippen LogP contribution < -0.4 is 5.32 Å². The molecule has 0 aromatic heterocycles. The van der Waals surface area contributed by atoms with Gasteiger partial charge in [0.1, 0.15) is 5.41 Å². The van der Waals surface area contributed by atoms with E-state index in [9.17, 15) is 9.59 Å². The van der Waals surface area contributed by atoms with Gasteiger partial charge in [-0.15, -0.1) is 0 Å². The van der Waals surface area contributed by atoms with Gasteiger partial charge < -0.3 is 10.2 Å². The average Bonchev–Trinajstić information content (AvgIpc) is 2.62. The van der Waals surface area contributed by atoms with Gasteiger partial charge in [-0.25, -0.2) is 0 Å². The van der Waals surface area contributed by atoms with Gasteiger partial charge in [0, 0.05) is 13.1 Å². The topological polar surface area (TPSA) is 49.4 Å². The highest BCUT2D eigenvalue weighted by Gasteiger charge is 2.39. The van der Waals surface area contributed by atoms with Crippen molar-refractivity contribution in [2.75, 3.05) is 11.9 Å². The Bertz CT molecular complexity index is 808. The Morgan fingerprint density at radius 2 is 1.74 bits per heavy atom. The molecule has 0 saturated heterocycles. The van der Waals surface area contributed by atoms with Crippen molar-refractivity contribution in [3.8, 4) is 0 Å². The molecular formula is C22H27ClN2O2. The number of aryl methyl sites for hydroxylation is 2. The summed E-state index contributed by atoms with van der Waals surface area (Å²) >= 11 is 6.30. The number of rotatable bonds is 6. The summed E-state index contributed by atoms with van der Waals surface area (Å²) in [6.45, 7) is 10.0. The summed E-state index contributed by atoms with van der Waals surface area (Å²) in [6.07, 6.45) is 0. The van der Waals surface area contributed by atoms with E-state index in [2.05, 4.69) is 5.32 Å². The molecule has 2 rings (SSSR count). The number of halogens is 1. The standard InChI is InChI=1S/C22H27ClN2O2/c1-6-25(14-17-10-8-7-9-11-17)21(27)22(4,5)20(26)24-19-16(3)12-15(2)13-18(19)23/h7-13H,6,14H2,1-5H3,(H,24,26). The predicted molar refractivity (Wildman–Crippen MR) is 111 cm³/mol. The number of carbonyl (C=O) groups excluding carboxylic acids is 2. The SMILES string of the molecule is CCN(Cc1ccccc1)C(=O)C(C)(C)C(=O)Nc1c(C)cc(C)cc1Cl. The van der Waals surface area contributed by atoms with Crippen LogP contribution in [0.5, 0.6) is 0 Å². The molecule has 0 bridgehead atoms. The van der Waals surface area contributed by atoms with E-state index in [1.165, 1.54) is 0 Å². The molecule has 0 aliphatic rings. The molecule has 0 atom stereocenters. The van der Waals surface area contributed by atoms with Crippen LogP contribution in [0.1, 0.15) is 37.5 Å². The fourth-order valence-corrected chi connectivity index (χ4v) is 3.34. The Morgan fingerprint density at radius 1 is 1.11 bits per heavy atom.